The minimum absolute atomic E-state index is 0.312. The first-order chi connectivity index (χ1) is 5.66. The zero-order valence-corrected chi connectivity index (χ0v) is 8.08. The highest BCUT2D eigenvalue weighted by Crippen LogP contribution is 2.24. The number of benzene rings is 1. The molecule has 0 fully saturated rings. The fourth-order valence-electron chi connectivity index (χ4n) is 1.01. The Morgan fingerprint density at radius 2 is 2.25 bits per heavy atom. The summed E-state index contributed by atoms with van der Waals surface area (Å²) in [6.07, 6.45) is 0. The summed E-state index contributed by atoms with van der Waals surface area (Å²) in [5.41, 5.74) is 1.16. The summed E-state index contributed by atoms with van der Waals surface area (Å²) in [6, 6.07) is 2.58. The molecule has 5 heteroatoms. The van der Waals surface area contributed by atoms with Crippen molar-refractivity contribution in [2.75, 3.05) is 0 Å². The number of imidazole rings is 1. The number of halogens is 3. The molecular weight excluding hydrogens is 246 g/mol. The molecule has 1 heterocycles. The number of nitrogens with zero attached hydrogens (tertiary/aromatic N) is 1. The summed E-state index contributed by atoms with van der Waals surface area (Å²) in [5.74, 6) is -0.372. The zero-order chi connectivity index (χ0) is 8.72. The van der Waals surface area contributed by atoms with Crippen molar-refractivity contribution in [1.82, 2.24) is 9.97 Å². The van der Waals surface area contributed by atoms with Crippen molar-refractivity contribution < 1.29 is 4.39 Å². The second-order valence-electron chi connectivity index (χ2n) is 2.31. The van der Waals surface area contributed by atoms with Gasteiger partial charge in [0.25, 0.3) is 0 Å². The molecule has 0 radical (unpaired) electrons. The fraction of sp³-hybridized carbons (Fsp3) is 0. The molecule has 0 aliphatic carbocycles. The average Bonchev–Trinajstić information content (AvgIpc) is 2.29. The molecule has 2 rings (SSSR count). The highest BCUT2D eigenvalue weighted by molar-refractivity contribution is 9.10. The van der Waals surface area contributed by atoms with E-state index in [1.54, 1.807) is 0 Å². The van der Waals surface area contributed by atoms with Gasteiger partial charge in [0.15, 0.2) is 4.73 Å². The van der Waals surface area contributed by atoms with E-state index in [4.69, 9.17) is 11.6 Å². The highest BCUT2D eigenvalue weighted by atomic mass is 79.9. The maximum Gasteiger partial charge on any atom is 0.175 e. The zero-order valence-electron chi connectivity index (χ0n) is 5.74. The van der Waals surface area contributed by atoms with Gasteiger partial charge in [0.05, 0.1) is 10.5 Å². The molecule has 0 saturated heterocycles. The number of aromatic amines is 1. The van der Waals surface area contributed by atoms with E-state index >= 15 is 0 Å². The average molecular weight is 249 g/mol. The summed E-state index contributed by atoms with van der Waals surface area (Å²) in [7, 11) is 0. The Bertz CT molecular complexity index is 440. The van der Waals surface area contributed by atoms with Crippen LogP contribution in [0.15, 0.2) is 16.9 Å². The van der Waals surface area contributed by atoms with Gasteiger partial charge in [0.2, 0.25) is 0 Å². The smallest absolute Gasteiger partial charge is 0.175 e. The third kappa shape index (κ3) is 1.21. The number of hydrogen-bond acceptors (Lipinski definition) is 1. The van der Waals surface area contributed by atoms with Gasteiger partial charge in [-0.05, 0) is 28.1 Å². The van der Waals surface area contributed by atoms with Crippen molar-refractivity contribution in [1.29, 1.82) is 0 Å². The lowest BCUT2D eigenvalue weighted by Crippen LogP contribution is -1.76. The summed E-state index contributed by atoms with van der Waals surface area (Å²) in [4.78, 5) is 6.84. The molecular formula is C7H3BrClFN2. The van der Waals surface area contributed by atoms with Gasteiger partial charge in [-0.2, -0.15) is 0 Å². The minimum atomic E-state index is -0.372. The molecule has 0 bridgehead atoms. The summed E-state index contributed by atoms with van der Waals surface area (Å²) < 4.78 is 13.3. The van der Waals surface area contributed by atoms with Crippen LogP contribution in [0.3, 0.4) is 0 Å². The standard InChI is InChI=1S/C7H3BrClFN2/c8-7-11-5-2-3(10)1-4(9)6(5)12-7/h1-2H,(H,11,12). The molecule has 2 aromatic rings. The number of nitrogens with one attached hydrogen (secondary N) is 1. The van der Waals surface area contributed by atoms with Gasteiger partial charge in [0.1, 0.15) is 11.3 Å². The monoisotopic (exact) mass is 248 g/mol. The molecule has 1 aromatic heterocycles. The maximum absolute atomic E-state index is 12.8. The van der Waals surface area contributed by atoms with E-state index < -0.39 is 0 Å². The largest absolute Gasteiger partial charge is 0.332 e. The fourth-order valence-corrected chi connectivity index (χ4v) is 1.65. The molecule has 62 valence electrons. The SMILES string of the molecule is Fc1cc(Cl)c2nc(Br)[nH]c2c1. The second-order valence-corrected chi connectivity index (χ2v) is 3.47. The van der Waals surface area contributed by atoms with Crippen molar-refractivity contribution in [2.24, 2.45) is 0 Å². The molecule has 1 N–H and O–H groups in total. The van der Waals surface area contributed by atoms with Gasteiger partial charge >= 0.3 is 0 Å². The van der Waals surface area contributed by atoms with Crippen LogP contribution in [0.2, 0.25) is 5.02 Å². The first kappa shape index (κ1) is 8.01. The molecule has 0 unspecified atom stereocenters. The molecule has 0 atom stereocenters. The highest BCUT2D eigenvalue weighted by Gasteiger charge is 2.06. The van der Waals surface area contributed by atoms with E-state index in [1.807, 2.05) is 0 Å². The lowest BCUT2D eigenvalue weighted by atomic mass is 10.3. The number of aromatic nitrogens is 2. The Balaban J connectivity index is 2.88. The molecule has 0 spiro atoms. The second kappa shape index (κ2) is 2.71. The van der Waals surface area contributed by atoms with Crippen molar-refractivity contribution >= 4 is 38.6 Å². The van der Waals surface area contributed by atoms with Crippen LogP contribution >= 0.6 is 27.5 Å². The van der Waals surface area contributed by atoms with Crippen LogP contribution in [-0.2, 0) is 0 Å². The van der Waals surface area contributed by atoms with Gasteiger partial charge in [0, 0.05) is 0 Å². The van der Waals surface area contributed by atoms with Crippen molar-refractivity contribution in [2.45, 2.75) is 0 Å². The first-order valence-corrected chi connectivity index (χ1v) is 4.34. The van der Waals surface area contributed by atoms with Crippen molar-refractivity contribution in [3.8, 4) is 0 Å². The quantitative estimate of drug-likeness (QED) is 0.763. The molecule has 0 aliphatic rings. The lowest BCUT2D eigenvalue weighted by Gasteiger charge is -1.91. The predicted octanol–water partition coefficient (Wildman–Crippen LogP) is 3.12. The number of H-pyrrole nitrogens is 1. The Morgan fingerprint density at radius 3 is 3.00 bits per heavy atom. The van der Waals surface area contributed by atoms with Crippen LogP contribution < -0.4 is 0 Å². The first-order valence-electron chi connectivity index (χ1n) is 3.17. The van der Waals surface area contributed by atoms with Gasteiger partial charge in [-0.3, -0.25) is 0 Å². The van der Waals surface area contributed by atoms with Crippen LogP contribution in [0.1, 0.15) is 0 Å². The predicted molar refractivity (Wildman–Crippen MR) is 48.8 cm³/mol. The van der Waals surface area contributed by atoms with Crippen LogP contribution in [0, 0.1) is 5.82 Å². The number of hydrogen-bond donors (Lipinski definition) is 1. The summed E-state index contributed by atoms with van der Waals surface area (Å²) in [6.45, 7) is 0. The third-order valence-electron chi connectivity index (χ3n) is 1.48. The van der Waals surface area contributed by atoms with Gasteiger partial charge < -0.3 is 4.98 Å². The normalized spacial score (nSPS) is 10.9. The molecule has 0 amide bonds. The third-order valence-corrected chi connectivity index (χ3v) is 2.14. The Morgan fingerprint density at radius 1 is 1.50 bits per heavy atom. The lowest BCUT2D eigenvalue weighted by molar-refractivity contribution is 0.629. The van der Waals surface area contributed by atoms with Crippen LogP contribution in [0.5, 0.6) is 0 Å². The van der Waals surface area contributed by atoms with E-state index in [9.17, 15) is 4.39 Å². The van der Waals surface area contributed by atoms with Crippen LogP contribution in [0.25, 0.3) is 11.0 Å². The summed E-state index contributed by atoms with van der Waals surface area (Å²) >= 11 is 8.87. The van der Waals surface area contributed by atoms with Crippen LogP contribution in [-0.4, -0.2) is 9.97 Å². The number of rotatable bonds is 0. The number of fused-ring (bicyclic) bond motifs is 1. The van der Waals surface area contributed by atoms with Gasteiger partial charge in [-0.1, -0.05) is 11.6 Å². The van der Waals surface area contributed by atoms with Crippen molar-refractivity contribution in [3.05, 3.63) is 27.7 Å². The summed E-state index contributed by atoms with van der Waals surface area (Å²) in [5, 5.41) is 0.312. The van der Waals surface area contributed by atoms with Crippen molar-refractivity contribution in [3.63, 3.8) is 0 Å². The molecule has 1 aromatic carbocycles. The Labute approximate surface area is 80.9 Å². The Hall–Kier alpha value is -0.610. The molecule has 0 aliphatic heterocycles. The molecule has 2 nitrogen and oxygen atoms in total. The van der Waals surface area contributed by atoms with E-state index in [0.29, 0.717) is 20.8 Å². The molecule has 0 saturated carbocycles. The molecule has 12 heavy (non-hydrogen) atoms. The minimum Gasteiger partial charge on any atom is -0.332 e. The van der Waals surface area contributed by atoms with Gasteiger partial charge in [-0.25, -0.2) is 9.37 Å². The maximum atomic E-state index is 12.8. The van der Waals surface area contributed by atoms with E-state index in [2.05, 4.69) is 25.9 Å². The topological polar surface area (TPSA) is 28.7 Å². The van der Waals surface area contributed by atoms with E-state index in [1.165, 1.54) is 12.1 Å². The van der Waals surface area contributed by atoms with E-state index in [0.717, 1.165) is 0 Å². The van der Waals surface area contributed by atoms with Gasteiger partial charge in [-0.15, -0.1) is 0 Å². The Kier molecular flexibility index (Phi) is 1.81. The van der Waals surface area contributed by atoms with E-state index in [-0.39, 0.29) is 5.82 Å². The van der Waals surface area contributed by atoms with Crippen LogP contribution in [0.4, 0.5) is 4.39 Å².